The van der Waals surface area contributed by atoms with Crippen LogP contribution in [0, 0.1) is 0 Å². The Morgan fingerprint density at radius 3 is 3.08 bits per heavy atom. The number of methoxy groups -OCH3 is 1. The molecule has 1 amide bonds. The molecule has 0 aliphatic carbocycles. The Bertz CT molecular complexity index is 1020. The standard InChI is InChI=1S/C17H15N5O2S/c1-24-13-5-4-11-7-15(19-14(11)8-13)17(23)18-9-12-10-22(21-20-12)16-3-2-6-25-16/h2-8,10,19H,9H2,1H3,(H,18,23). The molecule has 3 aromatic heterocycles. The van der Waals surface area contributed by atoms with Crippen molar-refractivity contribution in [1.82, 2.24) is 25.3 Å². The van der Waals surface area contributed by atoms with Gasteiger partial charge in [0.1, 0.15) is 22.1 Å². The van der Waals surface area contributed by atoms with Crippen LogP contribution in [0.1, 0.15) is 16.2 Å². The van der Waals surface area contributed by atoms with E-state index in [0.717, 1.165) is 21.7 Å². The predicted octanol–water partition coefficient (Wildman–Crippen LogP) is 2.75. The summed E-state index contributed by atoms with van der Waals surface area (Å²) in [5, 5.41) is 14.9. The van der Waals surface area contributed by atoms with Crippen molar-refractivity contribution in [2.45, 2.75) is 6.54 Å². The van der Waals surface area contributed by atoms with Crippen molar-refractivity contribution in [3.63, 3.8) is 0 Å². The number of carbonyl (C=O) groups is 1. The van der Waals surface area contributed by atoms with E-state index < -0.39 is 0 Å². The molecule has 25 heavy (non-hydrogen) atoms. The second kappa shape index (κ2) is 6.40. The SMILES string of the molecule is COc1ccc2cc(C(=O)NCc3cn(-c4cccs4)nn3)[nH]c2c1. The van der Waals surface area contributed by atoms with Gasteiger partial charge in [-0.3, -0.25) is 4.79 Å². The smallest absolute Gasteiger partial charge is 0.268 e. The maximum Gasteiger partial charge on any atom is 0.268 e. The van der Waals surface area contributed by atoms with Crippen molar-refractivity contribution in [3.8, 4) is 10.8 Å². The molecule has 4 aromatic rings. The van der Waals surface area contributed by atoms with Gasteiger partial charge >= 0.3 is 0 Å². The molecule has 0 saturated carbocycles. The lowest BCUT2D eigenvalue weighted by Gasteiger charge is -2.00. The zero-order valence-corrected chi connectivity index (χ0v) is 14.2. The second-order valence-corrected chi connectivity index (χ2v) is 6.35. The van der Waals surface area contributed by atoms with Crippen molar-refractivity contribution >= 4 is 28.1 Å². The number of hydrogen-bond acceptors (Lipinski definition) is 5. The third-order valence-electron chi connectivity index (χ3n) is 3.78. The second-order valence-electron chi connectivity index (χ2n) is 5.42. The Balaban J connectivity index is 1.45. The number of aromatic amines is 1. The average Bonchev–Trinajstić information content (AvgIpc) is 3.38. The fourth-order valence-electron chi connectivity index (χ4n) is 2.51. The first-order chi connectivity index (χ1) is 12.2. The number of nitrogens with zero attached hydrogens (tertiary/aromatic N) is 3. The van der Waals surface area contributed by atoms with E-state index >= 15 is 0 Å². The maximum absolute atomic E-state index is 12.4. The number of H-pyrrole nitrogens is 1. The summed E-state index contributed by atoms with van der Waals surface area (Å²) in [6.45, 7) is 0.308. The van der Waals surface area contributed by atoms with Crippen molar-refractivity contribution in [3.05, 3.63) is 59.4 Å². The number of nitrogens with one attached hydrogen (secondary N) is 2. The Morgan fingerprint density at radius 2 is 2.28 bits per heavy atom. The lowest BCUT2D eigenvalue weighted by Crippen LogP contribution is -2.23. The molecular formula is C17H15N5O2S. The van der Waals surface area contributed by atoms with Gasteiger partial charge in [0.2, 0.25) is 0 Å². The number of rotatable bonds is 5. The van der Waals surface area contributed by atoms with Crippen LogP contribution in [0.2, 0.25) is 0 Å². The van der Waals surface area contributed by atoms with Crippen molar-refractivity contribution in [2.75, 3.05) is 7.11 Å². The summed E-state index contributed by atoms with van der Waals surface area (Å²) in [5.74, 6) is 0.548. The molecular weight excluding hydrogens is 338 g/mol. The van der Waals surface area contributed by atoms with E-state index in [0.29, 0.717) is 17.9 Å². The first kappa shape index (κ1) is 15.4. The molecule has 4 rings (SSSR count). The molecule has 2 N–H and O–H groups in total. The average molecular weight is 353 g/mol. The van der Waals surface area contributed by atoms with Gasteiger partial charge in [0.25, 0.3) is 5.91 Å². The molecule has 1 aromatic carbocycles. The van der Waals surface area contributed by atoms with Crippen molar-refractivity contribution in [2.24, 2.45) is 0 Å². The fraction of sp³-hybridized carbons (Fsp3) is 0.118. The zero-order valence-electron chi connectivity index (χ0n) is 13.4. The Hall–Kier alpha value is -3.13. The number of fused-ring (bicyclic) bond motifs is 1. The summed E-state index contributed by atoms with van der Waals surface area (Å²) in [6.07, 6.45) is 1.81. The van der Waals surface area contributed by atoms with Crippen LogP contribution < -0.4 is 10.1 Å². The van der Waals surface area contributed by atoms with Crippen LogP contribution in [0.4, 0.5) is 0 Å². The number of ether oxygens (including phenoxy) is 1. The third-order valence-corrected chi connectivity index (χ3v) is 4.63. The van der Waals surface area contributed by atoms with Gasteiger partial charge in [-0.2, -0.15) is 0 Å². The largest absolute Gasteiger partial charge is 0.497 e. The highest BCUT2D eigenvalue weighted by Gasteiger charge is 2.11. The van der Waals surface area contributed by atoms with Crippen LogP contribution >= 0.6 is 11.3 Å². The summed E-state index contributed by atoms with van der Waals surface area (Å²) >= 11 is 1.57. The van der Waals surface area contributed by atoms with Gasteiger partial charge in [0.15, 0.2) is 0 Å². The molecule has 3 heterocycles. The highest BCUT2D eigenvalue weighted by atomic mass is 32.1. The molecule has 0 fully saturated rings. The van der Waals surface area contributed by atoms with E-state index in [2.05, 4.69) is 20.6 Å². The topological polar surface area (TPSA) is 84.8 Å². The summed E-state index contributed by atoms with van der Waals surface area (Å²) in [6, 6.07) is 11.4. The number of carbonyl (C=O) groups excluding carboxylic acids is 1. The molecule has 0 aliphatic heterocycles. The zero-order chi connectivity index (χ0) is 17.2. The Kier molecular flexibility index (Phi) is 3.95. The monoisotopic (exact) mass is 353 g/mol. The van der Waals surface area contributed by atoms with Crippen LogP contribution in [0.3, 0.4) is 0 Å². The van der Waals surface area contributed by atoms with E-state index in [-0.39, 0.29) is 5.91 Å². The molecule has 0 unspecified atom stereocenters. The summed E-state index contributed by atoms with van der Waals surface area (Å²) in [7, 11) is 1.61. The normalized spacial score (nSPS) is 10.9. The number of hydrogen-bond donors (Lipinski definition) is 2. The van der Waals surface area contributed by atoms with E-state index in [1.54, 1.807) is 23.1 Å². The van der Waals surface area contributed by atoms with Crippen molar-refractivity contribution in [1.29, 1.82) is 0 Å². The third kappa shape index (κ3) is 3.11. The van der Waals surface area contributed by atoms with E-state index in [1.807, 2.05) is 48.0 Å². The number of benzene rings is 1. The summed E-state index contributed by atoms with van der Waals surface area (Å²) in [4.78, 5) is 15.5. The van der Waals surface area contributed by atoms with Crippen LogP contribution in [-0.2, 0) is 6.54 Å². The van der Waals surface area contributed by atoms with E-state index in [1.165, 1.54) is 0 Å². The molecule has 0 saturated heterocycles. The number of aromatic nitrogens is 4. The van der Waals surface area contributed by atoms with E-state index in [4.69, 9.17) is 4.74 Å². The lowest BCUT2D eigenvalue weighted by molar-refractivity contribution is 0.0946. The molecule has 8 heteroatoms. The molecule has 7 nitrogen and oxygen atoms in total. The lowest BCUT2D eigenvalue weighted by atomic mass is 10.2. The molecule has 0 radical (unpaired) electrons. The van der Waals surface area contributed by atoms with E-state index in [9.17, 15) is 4.79 Å². The summed E-state index contributed by atoms with van der Waals surface area (Å²) in [5.41, 5.74) is 2.04. The molecule has 0 aliphatic rings. The first-order valence-electron chi connectivity index (χ1n) is 7.63. The van der Waals surface area contributed by atoms with Gasteiger partial charge < -0.3 is 15.0 Å². The van der Waals surface area contributed by atoms with Crippen LogP contribution in [0.25, 0.3) is 15.9 Å². The van der Waals surface area contributed by atoms with Gasteiger partial charge in [-0.05, 0) is 35.7 Å². The minimum Gasteiger partial charge on any atom is -0.497 e. The fourth-order valence-corrected chi connectivity index (χ4v) is 3.16. The minimum absolute atomic E-state index is 0.194. The Morgan fingerprint density at radius 1 is 1.36 bits per heavy atom. The highest BCUT2D eigenvalue weighted by Crippen LogP contribution is 2.21. The van der Waals surface area contributed by atoms with Gasteiger partial charge in [-0.15, -0.1) is 16.4 Å². The van der Waals surface area contributed by atoms with Crippen molar-refractivity contribution < 1.29 is 9.53 Å². The molecule has 0 bridgehead atoms. The van der Waals surface area contributed by atoms with Crippen LogP contribution in [0.5, 0.6) is 5.75 Å². The number of thiophene rings is 1. The molecule has 0 atom stereocenters. The quantitative estimate of drug-likeness (QED) is 0.578. The minimum atomic E-state index is -0.194. The summed E-state index contributed by atoms with van der Waals surface area (Å²) < 4.78 is 6.89. The molecule has 126 valence electrons. The first-order valence-corrected chi connectivity index (χ1v) is 8.51. The highest BCUT2D eigenvalue weighted by molar-refractivity contribution is 7.12. The number of amides is 1. The predicted molar refractivity (Wildman–Crippen MR) is 95.3 cm³/mol. The van der Waals surface area contributed by atoms with Gasteiger partial charge in [0, 0.05) is 17.0 Å². The molecule has 0 spiro atoms. The van der Waals surface area contributed by atoms with Crippen LogP contribution in [0.15, 0.2) is 48.0 Å². The van der Waals surface area contributed by atoms with Gasteiger partial charge in [0.05, 0.1) is 19.9 Å². The maximum atomic E-state index is 12.4. The Labute approximate surface area is 147 Å². The van der Waals surface area contributed by atoms with Gasteiger partial charge in [-0.25, -0.2) is 4.68 Å². The van der Waals surface area contributed by atoms with Gasteiger partial charge in [-0.1, -0.05) is 5.21 Å². The van der Waals surface area contributed by atoms with Crippen LogP contribution in [-0.4, -0.2) is 33.0 Å².